The Balaban J connectivity index is 2.01. The number of hydrogen-bond donors (Lipinski definition) is 0. The lowest BCUT2D eigenvalue weighted by atomic mass is 10.1. The molecule has 4 aromatic rings. The molecule has 4 rings (SSSR count). The number of nitrogens with zero attached hydrogens (tertiary/aromatic N) is 5. The smallest absolute Gasteiger partial charge is 0.332 e. The molecule has 0 fully saturated rings. The van der Waals surface area contributed by atoms with Gasteiger partial charge in [-0.25, -0.2) is 4.79 Å². The molecule has 162 valence electrons. The molecular weight excluding hydrogens is 398 g/mol. The first-order valence-electron chi connectivity index (χ1n) is 10.1. The summed E-state index contributed by atoms with van der Waals surface area (Å²) in [6.07, 6.45) is -0.0663. The van der Waals surface area contributed by atoms with Gasteiger partial charge in [-0.2, -0.15) is 4.98 Å². The van der Waals surface area contributed by atoms with Gasteiger partial charge in [-0.05, 0) is 26.3 Å². The van der Waals surface area contributed by atoms with E-state index in [0.717, 1.165) is 21.5 Å². The molecule has 0 saturated heterocycles. The molecule has 3 heterocycles. The van der Waals surface area contributed by atoms with Gasteiger partial charge in [0.05, 0.1) is 19.6 Å². The summed E-state index contributed by atoms with van der Waals surface area (Å²) >= 11 is 0. The summed E-state index contributed by atoms with van der Waals surface area (Å²) in [6.45, 7) is 5.95. The summed E-state index contributed by atoms with van der Waals surface area (Å²) in [6, 6.07) is 10.0. The van der Waals surface area contributed by atoms with Crippen LogP contribution in [0.5, 0.6) is 0 Å². The number of methoxy groups -OCH3 is 1. The fourth-order valence-electron chi connectivity index (χ4n) is 4.12. The Labute approximate surface area is 178 Å². The van der Waals surface area contributed by atoms with Crippen molar-refractivity contribution in [3.05, 3.63) is 68.1 Å². The summed E-state index contributed by atoms with van der Waals surface area (Å²) in [4.78, 5) is 42.4. The highest BCUT2D eigenvalue weighted by Crippen LogP contribution is 2.27. The molecular formula is C22H25N5O4. The molecule has 0 N–H and O–H groups in total. The monoisotopic (exact) mass is 423 g/mol. The molecule has 0 bridgehead atoms. The lowest BCUT2D eigenvalue weighted by molar-refractivity contribution is -0.140. The van der Waals surface area contributed by atoms with Crippen molar-refractivity contribution in [3.63, 3.8) is 0 Å². The fourth-order valence-corrected chi connectivity index (χ4v) is 4.12. The van der Waals surface area contributed by atoms with Crippen LogP contribution in [0.25, 0.3) is 16.9 Å². The maximum absolute atomic E-state index is 13.3. The van der Waals surface area contributed by atoms with E-state index in [1.165, 1.54) is 11.7 Å². The van der Waals surface area contributed by atoms with Gasteiger partial charge in [0.15, 0.2) is 11.2 Å². The summed E-state index contributed by atoms with van der Waals surface area (Å²) in [5.74, 6) is 0.113. The third-order valence-corrected chi connectivity index (χ3v) is 6.00. The number of fused-ring (bicyclic) bond motifs is 3. The summed E-state index contributed by atoms with van der Waals surface area (Å²) in [5, 5.41) is 0. The highest BCUT2D eigenvalue weighted by Gasteiger charge is 2.25. The summed E-state index contributed by atoms with van der Waals surface area (Å²) < 4.78 is 11.0. The van der Waals surface area contributed by atoms with Crippen LogP contribution in [0.2, 0.25) is 0 Å². The van der Waals surface area contributed by atoms with Gasteiger partial charge in [-0.1, -0.05) is 30.3 Å². The van der Waals surface area contributed by atoms with E-state index in [1.54, 1.807) is 11.4 Å². The molecule has 31 heavy (non-hydrogen) atoms. The first-order chi connectivity index (χ1) is 14.8. The van der Waals surface area contributed by atoms with Crippen LogP contribution < -0.4 is 11.2 Å². The molecule has 9 heteroatoms. The molecule has 0 amide bonds. The topological polar surface area (TPSA) is 92.5 Å². The van der Waals surface area contributed by atoms with E-state index in [1.807, 2.05) is 44.2 Å². The van der Waals surface area contributed by atoms with E-state index < -0.39 is 17.2 Å². The van der Waals surface area contributed by atoms with E-state index in [9.17, 15) is 14.4 Å². The van der Waals surface area contributed by atoms with Crippen molar-refractivity contribution in [2.24, 2.45) is 7.05 Å². The molecule has 1 atom stereocenters. The fraction of sp³-hybridized carbons (Fsp3) is 0.364. The number of ether oxygens (including phenoxy) is 1. The Kier molecular flexibility index (Phi) is 5.04. The Bertz CT molecular complexity index is 1420. The van der Waals surface area contributed by atoms with Crippen LogP contribution in [-0.2, 0) is 23.1 Å². The number of carbonyl (C=O) groups is 1. The second kappa shape index (κ2) is 7.57. The summed E-state index contributed by atoms with van der Waals surface area (Å²) in [7, 11) is 2.86. The SMILES string of the molecule is COC(=O)CCn1c(=O)c2c(nc3n([C@@H](C)c4ccccc4)c(C)c(C)n23)n(C)c1=O. The molecule has 3 aromatic heterocycles. The van der Waals surface area contributed by atoms with Crippen molar-refractivity contribution < 1.29 is 9.53 Å². The number of aromatic nitrogens is 5. The zero-order valence-corrected chi connectivity index (χ0v) is 18.2. The van der Waals surface area contributed by atoms with Crippen molar-refractivity contribution in [3.8, 4) is 0 Å². The average Bonchev–Trinajstić information content (AvgIpc) is 3.27. The van der Waals surface area contributed by atoms with Crippen LogP contribution in [0.15, 0.2) is 39.9 Å². The van der Waals surface area contributed by atoms with Gasteiger partial charge in [0.2, 0.25) is 5.78 Å². The quantitative estimate of drug-likeness (QED) is 0.458. The Morgan fingerprint density at radius 1 is 1.13 bits per heavy atom. The second-order valence-corrected chi connectivity index (χ2v) is 7.67. The molecule has 1 aromatic carbocycles. The third kappa shape index (κ3) is 3.08. The van der Waals surface area contributed by atoms with Crippen molar-refractivity contribution in [2.75, 3.05) is 7.11 Å². The van der Waals surface area contributed by atoms with Crippen LogP contribution in [0.3, 0.4) is 0 Å². The number of aryl methyl sites for hydroxylation is 2. The molecule has 0 aliphatic rings. The number of rotatable bonds is 5. The van der Waals surface area contributed by atoms with Crippen LogP contribution >= 0.6 is 0 Å². The van der Waals surface area contributed by atoms with E-state index in [4.69, 9.17) is 4.98 Å². The number of esters is 1. The predicted molar refractivity (Wildman–Crippen MR) is 117 cm³/mol. The van der Waals surface area contributed by atoms with Gasteiger partial charge >= 0.3 is 11.7 Å². The largest absolute Gasteiger partial charge is 0.469 e. The zero-order valence-electron chi connectivity index (χ0n) is 18.2. The van der Waals surface area contributed by atoms with Crippen LogP contribution in [-0.4, -0.2) is 36.2 Å². The van der Waals surface area contributed by atoms with Gasteiger partial charge in [0, 0.05) is 25.0 Å². The minimum atomic E-state index is -0.515. The number of carbonyl (C=O) groups excluding carboxylic acids is 1. The maximum Gasteiger partial charge on any atom is 0.332 e. The van der Waals surface area contributed by atoms with Gasteiger partial charge in [0.25, 0.3) is 5.56 Å². The Morgan fingerprint density at radius 2 is 1.81 bits per heavy atom. The molecule has 9 nitrogen and oxygen atoms in total. The molecule has 0 saturated carbocycles. The molecule has 0 unspecified atom stereocenters. The predicted octanol–water partition coefficient (Wildman–Crippen LogP) is 1.94. The average molecular weight is 423 g/mol. The standard InChI is InChI=1S/C22H25N5O4/c1-13-14(2)27-18-19(23-21(27)26(13)15(3)16-9-7-6-8-10-16)24(4)22(30)25(20(18)29)12-11-17(28)31-5/h6-10,15H,11-12H2,1-5H3/t15-/m0/s1. The van der Waals surface area contributed by atoms with Crippen molar-refractivity contribution in [2.45, 2.75) is 39.8 Å². The number of imidazole rings is 2. The maximum atomic E-state index is 13.3. The van der Waals surface area contributed by atoms with E-state index in [-0.39, 0.29) is 19.0 Å². The molecule has 0 aliphatic heterocycles. The minimum Gasteiger partial charge on any atom is -0.469 e. The zero-order chi connectivity index (χ0) is 22.4. The second-order valence-electron chi connectivity index (χ2n) is 7.67. The third-order valence-electron chi connectivity index (χ3n) is 6.00. The van der Waals surface area contributed by atoms with E-state index in [2.05, 4.69) is 16.2 Å². The lowest BCUT2D eigenvalue weighted by Gasteiger charge is -2.16. The Morgan fingerprint density at radius 3 is 2.45 bits per heavy atom. The Hall–Kier alpha value is -3.62. The molecule has 0 radical (unpaired) electrons. The van der Waals surface area contributed by atoms with Crippen LogP contribution in [0.1, 0.15) is 36.3 Å². The first kappa shape index (κ1) is 20.6. The number of hydrogen-bond acceptors (Lipinski definition) is 5. The normalized spacial score (nSPS) is 12.5. The van der Waals surface area contributed by atoms with Crippen molar-refractivity contribution in [1.29, 1.82) is 0 Å². The van der Waals surface area contributed by atoms with Gasteiger partial charge in [-0.3, -0.25) is 23.1 Å². The summed E-state index contributed by atoms with van der Waals surface area (Å²) in [5.41, 5.74) is 2.62. The van der Waals surface area contributed by atoms with Gasteiger partial charge in [0.1, 0.15) is 0 Å². The van der Waals surface area contributed by atoms with Crippen molar-refractivity contribution in [1.82, 2.24) is 23.1 Å². The van der Waals surface area contributed by atoms with Gasteiger partial charge < -0.3 is 9.30 Å². The first-order valence-corrected chi connectivity index (χ1v) is 10.1. The van der Waals surface area contributed by atoms with Crippen molar-refractivity contribution >= 4 is 22.9 Å². The van der Waals surface area contributed by atoms with E-state index >= 15 is 0 Å². The highest BCUT2D eigenvalue weighted by molar-refractivity contribution is 5.76. The number of benzene rings is 1. The van der Waals surface area contributed by atoms with Gasteiger partial charge in [-0.15, -0.1) is 0 Å². The van der Waals surface area contributed by atoms with E-state index in [0.29, 0.717) is 16.9 Å². The lowest BCUT2D eigenvalue weighted by Crippen LogP contribution is -2.40. The van der Waals surface area contributed by atoms with Crippen LogP contribution in [0, 0.1) is 13.8 Å². The molecule has 0 spiro atoms. The van der Waals surface area contributed by atoms with Crippen LogP contribution in [0.4, 0.5) is 0 Å². The molecule has 0 aliphatic carbocycles. The minimum absolute atomic E-state index is 0.0206. The highest BCUT2D eigenvalue weighted by atomic mass is 16.5.